The molecule has 1 aromatic carbocycles. The van der Waals surface area contributed by atoms with Crippen LogP contribution in [0.1, 0.15) is 12.5 Å². The Morgan fingerprint density at radius 1 is 1.26 bits per heavy atom. The predicted molar refractivity (Wildman–Crippen MR) is 72.3 cm³/mol. The Labute approximate surface area is 113 Å². The standard InChI is InChI=1S/C14H20FN3O/c1-2-17-7-9-18(10-8-17)14(19)16-11-12-5-3-4-6-13(12)15/h3-6H,2,7-11H2,1H3,(H,16,19). The van der Waals surface area contributed by atoms with Gasteiger partial charge in [0.2, 0.25) is 0 Å². The van der Waals surface area contributed by atoms with Crippen molar-refractivity contribution in [2.75, 3.05) is 32.7 Å². The molecule has 0 radical (unpaired) electrons. The summed E-state index contributed by atoms with van der Waals surface area (Å²) in [5.41, 5.74) is 0.517. The SMILES string of the molecule is CCN1CCN(C(=O)NCc2ccccc2F)CC1. The van der Waals surface area contributed by atoms with E-state index in [1.54, 1.807) is 23.1 Å². The number of hydrogen-bond donors (Lipinski definition) is 1. The zero-order valence-corrected chi connectivity index (χ0v) is 11.2. The van der Waals surface area contributed by atoms with Gasteiger partial charge in [0, 0.05) is 38.3 Å². The Hall–Kier alpha value is -1.62. The predicted octanol–water partition coefficient (Wildman–Crippen LogP) is 1.67. The van der Waals surface area contributed by atoms with E-state index < -0.39 is 0 Å². The number of nitrogens with one attached hydrogen (secondary N) is 1. The highest BCUT2D eigenvalue weighted by atomic mass is 19.1. The Morgan fingerprint density at radius 3 is 2.58 bits per heavy atom. The smallest absolute Gasteiger partial charge is 0.317 e. The lowest BCUT2D eigenvalue weighted by molar-refractivity contribution is 0.142. The summed E-state index contributed by atoms with van der Waals surface area (Å²) in [6, 6.07) is 6.39. The molecular weight excluding hydrogens is 245 g/mol. The third-order valence-electron chi connectivity index (χ3n) is 3.49. The molecule has 0 spiro atoms. The van der Waals surface area contributed by atoms with Crippen molar-refractivity contribution in [1.82, 2.24) is 15.1 Å². The van der Waals surface area contributed by atoms with Gasteiger partial charge in [0.1, 0.15) is 5.82 Å². The van der Waals surface area contributed by atoms with Gasteiger partial charge in [-0.3, -0.25) is 0 Å². The van der Waals surface area contributed by atoms with E-state index >= 15 is 0 Å². The van der Waals surface area contributed by atoms with Gasteiger partial charge in [-0.1, -0.05) is 25.1 Å². The van der Waals surface area contributed by atoms with Crippen LogP contribution >= 0.6 is 0 Å². The van der Waals surface area contributed by atoms with Crippen molar-refractivity contribution in [2.24, 2.45) is 0 Å². The van der Waals surface area contributed by atoms with Gasteiger partial charge in [0.25, 0.3) is 0 Å². The molecule has 2 amide bonds. The molecule has 1 aliphatic heterocycles. The molecule has 2 rings (SSSR count). The Morgan fingerprint density at radius 2 is 1.95 bits per heavy atom. The van der Waals surface area contributed by atoms with Gasteiger partial charge in [-0.15, -0.1) is 0 Å². The lowest BCUT2D eigenvalue weighted by Gasteiger charge is -2.34. The van der Waals surface area contributed by atoms with Crippen LogP contribution in [-0.4, -0.2) is 48.6 Å². The summed E-state index contributed by atoms with van der Waals surface area (Å²) in [4.78, 5) is 16.0. The van der Waals surface area contributed by atoms with Gasteiger partial charge in [-0.2, -0.15) is 0 Å². The quantitative estimate of drug-likeness (QED) is 0.902. The maximum Gasteiger partial charge on any atom is 0.317 e. The fourth-order valence-corrected chi connectivity index (χ4v) is 2.19. The van der Waals surface area contributed by atoms with Gasteiger partial charge >= 0.3 is 6.03 Å². The van der Waals surface area contributed by atoms with Crippen LogP contribution in [-0.2, 0) is 6.54 Å². The Bertz CT molecular complexity index is 430. The van der Waals surface area contributed by atoms with E-state index in [9.17, 15) is 9.18 Å². The molecule has 0 bridgehead atoms. The number of hydrogen-bond acceptors (Lipinski definition) is 2. The molecule has 0 atom stereocenters. The van der Waals surface area contributed by atoms with Crippen molar-refractivity contribution in [1.29, 1.82) is 0 Å². The number of halogens is 1. The van der Waals surface area contributed by atoms with E-state index in [0.29, 0.717) is 5.56 Å². The number of carbonyl (C=O) groups is 1. The van der Waals surface area contributed by atoms with Crippen molar-refractivity contribution >= 4 is 6.03 Å². The first-order chi connectivity index (χ1) is 9.20. The minimum atomic E-state index is -0.279. The van der Waals surface area contributed by atoms with Gasteiger partial charge in [-0.25, -0.2) is 9.18 Å². The Kier molecular flexibility index (Phi) is 4.74. The number of piperazine rings is 1. The van der Waals surface area contributed by atoms with E-state index in [1.165, 1.54) is 6.07 Å². The van der Waals surface area contributed by atoms with Crippen molar-refractivity contribution in [3.05, 3.63) is 35.6 Å². The monoisotopic (exact) mass is 265 g/mol. The molecule has 1 heterocycles. The maximum absolute atomic E-state index is 13.4. The van der Waals surface area contributed by atoms with Crippen LogP contribution in [0.4, 0.5) is 9.18 Å². The second-order valence-corrected chi connectivity index (χ2v) is 4.67. The fraction of sp³-hybridized carbons (Fsp3) is 0.500. The van der Waals surface area contributed by atoms with Crippen molar-refractivity contribution in [3.63, 3.8) is 0 Å². The largest absolute Gasteiger partial charge is 0.334 e. The first-order valence-electron chi connectivity index (χ1n) is 6.69. The number of benzene rings is 1. The first kappa shape index (κ1) is 13.8. The van der Waals surface area contributed by atoms with E-state index in [4.69, 9.17) is 0 Å². The number of rotatable bonds is 3. The third-order valence-corrected chi connectivity index (χ3v) is 3.49. The minimum absolute atomic E-state index is 0.112. The molecule has 1 N–H and O–H groups in total. The highest BCUT2D eigenvalue weighted by Gasteiger charge is 2.19. The molecule has 5 heteroatoms. The van der Waals surface area contributed by atoms with Gasteiger partial charge in [0.15, 0.2) is 0 Å². The molecule has 0 saturated carbocycles. The molecule has 104 valence electrons. The van der Waals surface area contributed by atoms with E-state index in [-0.39, 0.29) is 18.4 Å². The average molecular weight is 265 g/mol. The van der Waals surface area contributed by atoms with Crippen molar-refractivity contribution in [3.8, 4) is 0 Å². The van der Waals surface area contributed by atoms with Crippen LogP contribution in [0.25, 0.3) is 0 Å². The summed E-state index contributed by atoms with van der Waals surface area (Å²) in [5.74, 6) is -0.279. The zero-order valence-electron chi connectivity index (χ0n) is 11.2. The summed E-state index contributed by atoms with van der Waals surface area (Å²) in [7, 11) is 0. The number of carbonyl (C=O) groups excluding carboxylic acids is 1. The van der Waals surface area contributed by atoms with Crippen LogP contribution in [0.5, 0.6) is 0 Å². The highest BCUT2D eigenvalue weighted by Crippen LogP contribution is 2.06. The van der Waals surface area contributed by atoms with Crippen LogP contribution in [0.2, 0.25) is 0 Å². The minimum Gasteiger partial charge on any atom is -0.334 e. The fourth-order valence-electron chi connectivity index (χ4n) is 2.19. The zero-order chi connectivity index (χ0) is 13.7. The number of urea groups is 1. The molecule has 4 nitrogen and oxygen atoms in total. The number of nitrogens with zero attached hydrogens (tertiary/aromatic N) is 2. The second-order valence-electron chi connectivity index (χ2n) is 4.67. The van der Waals surface area contributed by atoms with Gasteiger partial charge < -0.3 is 15.1 Å². The maximum atomic E-state index is 13.4. The first-order valence-corrected chi connectivity index (χ1v) is 6.69. The third kappa shape index (κ3) is 3.67. The van der Waals surface area contributed by atoms with E-state index in [2.05, 4.69) is 17.1 Å². The molecule has 19 heavy (non-hydrogen) atoms. The molecule has 1 fully saturated rings. The number of likely N-dealkylation sites (N-methyl/N-ethyl adjacent to an activating group) is 1. The van der Waals surface area contributed by atoms with Gasteiger partial charge in [0.05, 0.1) is 0 Å². The topological polar surface area (TPSA) is 35.6 Å². The highest BCUT2D eigenvalue weighted by molar-refractivity contribution is 5.74. The molecule has 1 aliphatic rings. The Balaban J connectivity index is 1.81. The normalized spacial score (nSPS) is 16.4. The molecule has 1 saturated heterocycles. The van der Waals surface area contributed by atoms with E-state index in [0.717, 1.165) is 32.7 Å². The van der Waals surface area contributed by atoms with E-state index in [1.807, 2.05) is 0 Å². The summed E-state index contributed by atoms with van der Waals surface area (Å²) < 4.78 is 13.4. The van der Waals surface area contributed by atoms with Crippen LogP contribution in [0.15, 0.2) is 24.3 Å². The van der Waals surface area contributed by atoms with Crippen LogP contribution in [0, 0.1) is 5.82 Å². The molecule has 0 aromatic heterocycles. The van der Waals surface area contributed by atoms with Crippen molar-refractivity contribution in [2.45, 2.75) is 13.5 Å². The van der Waals surface area contributed by atoms with Gasteiger partial charge in [-0.05, 0) is 12.6 Å². The molecular formula is C14H20FN3O. The van der Waals surface area contributed by atoms with Crippen molar-refractivity contribution < 1.29 is 9.18 Å². The lowest BCUT2D eigenvalue weighted by atomic mass is 10.2. The lowest BCUT2D eigenvalue weighted by Crippen LogP contribution is -2.51. The summed E-state index contributed by atoms with van der Waals surface area (Å²) in [6.07, 6.45) is 0. The average Bonchev–Trinajstić information content (AvgIpc) is 2.46. The van der Waals surface area contributed by atoms with Crippen LogP contribution < -0.4 is 5.32 Å². The summed E-state index contributed by atoms with van der Waals surface area (Å²) in [6.45, 7) is 6.65. The number of amides is 2. The summed E-state index contributed by atoms with van der Waals surface area (Å²) in [5, 5.41) is 2.77. The second kappa shape index (κ2) is 6.52. The molecule has 0 aliphatic carbocycles. The van der Waals surface area contributed by atoms with Crippen LogP contribution in [0.3, 0.4) is 0 Å². The molecule has 0 unspecified atom stereocenters. The summed E-state index contributed by atoms with van der Waals surface area (Å²) >= 11 is 0. The molecule has 1 aromatic rings.